The minimum Gasteiger partial charge on any atom is -0.545 e. The number of unbranched alkanes of at least 4 members (excludes halogenated alkanes) is 1. The molecule has 0 aromatic carbocycles. The van der Waals surface area contributed by atoms with Crippen molar-refractivity contribution in [2.75, 3.05) is 6.54 Å². The first kappa shape index (κ1) is 9.30. The predicted octanol–water partition coefficient (Wildman–Crippen LogP) is -0.684. The van der Waals surface area contributed by atoms with Crippen LogP contribution < -0.4 is 10.8 Å². The number of carbonyl (C=O) groups is 1. The average molecular weight is 143 g/mol. The van der Waals surface area contributed by atoms with Crippen LogP contribution in [0, 0.1) is 12.8 Å². The summed E-state index contributed by atoms with van der Waals surface area (Å²) in [6.45, 7) is 4.02. The molecule has 0 spiro atoms. The van der Waals surface area contributed by atoms with Gasteiger partial charge in [0.05, 0.1) is 12.9 Å². The zero-order valence-electron chi connectivity index (χ0n) is 6.01. The third-order valence-corrected chi connectivity index (χ3v) is 1.34. The summed E-state index contributed by atoms with van der Waals surface area (Å²) in [5, 5.41) is 10.1. The molecule has 1 atom stereocenters. The van der Waals surface area contributed by atoms with Gasteiger partial charge >= 0.3 is 0 Å². The minimum absolute atomic E-state index is 0.569. The van der Waals surface area contributed by atoms with Crippen molar-refractivity contribution in [3.63, 3.8) is 0 Å². The van der Waals surface area contributed by atoms with Crippen LogP contribution in [0.1, 0.15) is 19.3 Å². The van der Waals surface area contributed by atoms with Gasteiger partial charge in [0.2, 0.25) is 0 Å². The van der Waals surface area contributed by atoms with Crippen molar-refractivity contribution in [1.82, 2.24) is 0 Å². The van der Waals surface area contributed by atoms with Gasteiger partial charge in [-0.3, -0.25) is 0 Å². The lowest BCUT2D eigenvalue weighted by molar-refractivity contribution is -0.310. The third kappa shape index (κ3) is 4.21. The smallest absolute Gasteiger partial charge is 0.134 e. The molecule has 10 heavy (non-hydrogen) atoms. The Balaban J connectivity index is 3.21. The molecule has 0 heterocycles. The number of nitrogens with two attached hydrogens (primary N) is 1. The van der Waals surface area contributed by atoms with Crippen LogP contribution in [0.5, 0.6) is 0 Å². The molecule has 1 unspecified atom stereocenters. The van der Waals surface area contributed by atoms with E-state index in [0.29, 0.717) is 13.0 Å². The van der Waals surface area contributed by atoms with Crippen molar-refractivity contribution in [2.45, 2.75) is 19.3 Å². The minimum atomic E-state index is -1.07. The standard InChI is InChI=1S/C7H13NO2/c1-6(7(9)10)4-2-3-5-8/h6H,1-5,8H2. The van der Waals surface area contributed by atoms with Crippen LogP contribution in [-0.4, -0.2) is 12.5 Å². The molecule has 0 saturated heterocycles. The summed E-state index contributed by atoms with van der Waals surface area (Å²) in [6.07, 6.45) is 2.25. The highest BCUT2D eigenvalue weighted by Gasteiger charge is 2.07. The number of carboxylic acid groups (broad SMARTS) is 1. The fourth-order valence-corrected chi connectivity index (χ4v) is 0.653. The summed E-state index contributed by atoms with van der Waals surface area (Å²) in [5.74, 6) is -1.65. The quantitative estimate of drug-likeness (QED) is 0.409. The maximum Gasteiger partial charge on any atom is 0.134 e. The lowest BCUT2D eigenvalue weighted by Crippen LogP contribution is -2.29. The van der Waals surface area contributed by atoms with E-state index in [1.165, 1.54) is 0 Å². The Morgan fingerprint density at radius 2 is 2.20 bits per heavy atom. The highest BCUT2D eigenvalue weighted by molar-refractivity contribution is 5.68. The first-order valence-electron chi connectivity index (χ1n) is 3.42. The Kier molecular flexibility index (Phi) is 4.76. The number of aliphatic carboxylic acids is 1. The lowest BCUT2D eigenvalue weighted by Gasteiger charge is -2.04. The Hall–Kier alpha value is -0.700. The summed E-state index contributed by atoms with van der Waals surface area (Å²) in [7, 11) is 0. The van der Waals surface area contributed by atoms with E-state index in [1.807, 2.05) is 0 Å². The van der Waals surface area contributed by atoms with Crippen LogP contribution in [0.3, 0.4) is 0 Å². The number of carboxylic acids is 1. The Bertz CT molecular complexity index is 104. The van der Waals surface area contributed by atoms with Gasteiger partial charge in [0.1, 0.15) is 5.92 Å². The molecule has 0 rings (SSSR count). The van der Waals surface area contributed by atoms with Crippen LogP contribution >= 0.6 is 0 Å². The maximum absolute atomic E-state index is 10.1. The number of hydrogen-bond acceptors (Lipinski definition) is 3. The van der Waals surface area contributed by atoms with E-state index in [2.05, 4.69) is 6.92 Å². The highest BCUT2D eigenvalue weighted by Crippen LogP contribution is 2.04. The van der Waals surface area contributed by atoms with E-state index in [0.717, 1.165) is 12.8 Å². The van der Waals surface area contributed by atoms with Crippen molar-refractivity contribution in [3.8, 4) is 0 Å². The molecule has 0 aliphatic heterocycles. The number of rotatable bonds is 5. The molecule has 0 aliphatic carbocycles. The predicted molar refractivity (Wildman–Crippen MR) is 36.8 cm³/mol. The lowest BCUT2D eigenvalue weighted by atomic mass is 10.1. The summed E-state index contributed by atoms with van der Waals surface area (Å²) < 4.78 is 0. The van der Waals surface area contributed by atoms with Crippen LogP contribution in [0.2, 0.25) is 0 Å². The number of carbonyl (C=O) groups excluding carboxylic acids is 1. The first-order chi connectivity index (χ1) is 4.68. The summed E-state index contributed by atoms with van der Waals surface area (Å²) in [6, 6.07) is 0. The van der Waals surface area contributed by atoms with Crippen LogP contribution in [0.15, 0.2) is 0 Å². The van der Waals surface area contributed by atoms with Gasteiger partial charge in [-0.1, -0.05) is 0 Å². The highest BCUT2D eigenvalue weighted by atomic mass is 16.4. The van der Waals surface area contributed by atoms with Crippen LogP contribution in [0.25, 0.3) is 0 Å². The van der Waals surface area contributed by atoms with E-state index < -0.39 is 11.9 Å². The maximum atomic E-state index is 10.1. The van der Waals surface area contributed by atoms with Gasteiger partial charge in [-0.2, -0.15) is 0 Å². The van der Waals surface area contributed by atoms with Gasteiger partial charge in [0.15, 0.2) is 0 Å². The summed E-state index contributed by atoms with van der Waals surface area (Å²) in [5.41, 5.74) is 5.21. The largest absolute Gasteiger partial charge is 0.545 e. The second kappa shape index (κ2) is 5.11. The molecule has 0 bridgehead atoms. The molecule has 0 aromatic heterocycles. The van der Waals surface area contributed by atoms with Gasteiger partial charge in [-0.15, -0.1) is 0 Å². The van der Waals surface area contributed by atoms with Gasteiger partial charge in [-0.05, 0) is 25.8 Å². The van der Waals surface area contributed by atoms with Crippen molar-refractivity contribution >= 4 is 5.97 Å². The number of hydrogen-bond donors (Lipinski definition) is 1. The van der Waals surface area contributed by atoms with Crippen molar-refractivity contribution in [3.05, 3.63) is 6.92 Å². The van der Waals surface area contributed by atoms with Gasteiger partial charge < -0.3 is 15.6 Å². The SMILES string of the molecule is [CH2+]C(CCCCN)C(=O)[O-]. The molecular formula is C7H13NO2. The Morgan fingerprint density at radius 1 is 1.60 bits per heavy atom. The van der Waals surface area contributed by atoms with E-state index in [-0.39, 0.29) is 0 Å². The molecule has 0 aliphatic rings. The fourth-order valence-electron chi connectivity index (χ4n) is 0.653. The van der Waals surface area contributed by atoms with E-state index >= 15 is 0 Å². The fraction of sp³-hybridized carbons (Fsp3) is 0.714. The monoisotopic (exact) mass is 143 g/mol. The summed E-state index contributed by atoms with van der Waals surface area (Å²) in [4.78, 5) is 10.1. The molecule has 3 heteroatoms. The molecule has 0 amide bonds. The van der Waals surface area contributed by atoms with Gasteiger partial charge in [0.25, 0.3) is 0 Å². The van der Waals surface area contributed by atoms with Crippen LogP contribution in [-0.2, 0) is 4.79 Å². The molecule has 58 valence electrons. The second-order valence-electron chi connectivity index (χ2n) is 2.30. The molecule has 0 aromatic rings. The third-order valence-electron chi connectivity index (χ3n) is 1.34. The zero-order valence-corrected chi connectivity index (χ0v) is 6.01. The van der Waals surface area contributed by atoms with Crippen LogP contribution in [0.4, 0.5) is 0 Å². The zero-order chi connectivity index (χ0) is 7.98. The average Bonchev–Trinajstić information content (AvgIpc) is 1.88. The summed E-state index contributed by atoms with van der Waals surface area (Å²) >= 11 is 0. The van der Waals surface area contributed by atoms with Gasteiger partial charge in [0, 0.05) is 0 Å². The Morgan fingerprint density at radius 3 is 2.60 bits per heavy atom. The van der Waals surface area contributed by atoms with Crippen molar-refractivity contribution in [2.24, 2.45) is 11.7 Å². The van der Waals surface area contributed by atoms with E-state index in [9.17, 15) is 9.90 Å². The van der Waals surface area contributed by atoms with E-state index in [1.54, 1.807) is 0 Å². The molecule has 2 N–H and O–H groups in total. The van der Waals surface area contributed by atoms with Crippen molar-refractivity contribution < 1.29 is 9.90 Å². The molecule has 0 fully saturated rings. The molecule has 0 radical (unpaired) electrons. The first-order valence-corrected chi connectivity index (χ1v) is 3.42. The van der Waals surface area contributed by atoms with Crippen molar-refractivity contribution in [1.29, 1.82) is 0 Å². The molecular weight excluding hydrogens is 130 g/mol. The second-order valence-corrected chi connectivity index (χ2v) is 2.30. The van der Waals surface area contributed by atoms with Gasteiger partial charge in [-0.25, -0.2) is 0 Å². The topological polar surface area (TPSA) is 66.2 Å². The molecule has 0 saturated carbocycles. The normalized spacial score (nSPS) is 12.9. The molecule has 3 nitrogen and oxygen atoms in total. The van der Waals surface area contributed by atoms with E-state index in [4.69, 9.17) is 5.73 Å². The Labute approximate surface area is 61.2 Å².